The number of piperidine rings is 1. The number of likely N-dealkylation sites (tertiary alicyclic amines) is 2. The number of carboxylic acid groups (broad SMARTS) is 1. The van der Waals surface area contributed by atoms with E-state index in [0.29, 0.717) is 19.5 Å². The van der Waals surface area contributed by atoms with E-state index in [1.807, 2.05) is 0 Å². The van der Waals surface area contributed by atoms with E-state index in [0.717, 1.165) is 4.90 Å². The molecular formula is C24H28F9N3O4. The number of nitrogens with one attached hydrogen (secondary N) is 1. The van der Waals surface area contributed by atoms with Crippen molar-refractivity contribution in [2.75, 3.05) is 38.0 Å². The molecule has 2 aliphatic heterocycles. The fraction of sp³-hybridized carbons (Fsp3) is 0.667. The first-order valence-electron chi connectivity index (χ1n) is 12.4. The molecule has 7 nitrogen and oxygen atoms in total. The zero-order valence-corrected chi connectivity index (χ0v) is 21.1. The second kappa shape index (κ2) is 11.9. The zero-order valence-electron chi connectivity index (χ0n) is 21.1. The first-order chi connectivity index (χ1) is 18.4. The van der Waals surface area contributed by atoms with Crippen molar-refractivity contribution in [1.29, 1.82) is 0 Å². The highest BCUT2D eigenvalue weighted by atomic mass is 19.4. The maximum Gasteiger partial charge on any atom is 0.434 e. The second-order valence-corrected chi connectivity index (χ2v) is 10.1. The van der Waals surface area contributed by atoms with Crippen LogP contribution in [0.3, 0.4) is 0 Å². The Kier molecular flexibility index (Phi) is 9.41. The van der Waals surface area contributed by atoms with Crippen LogP contribution in [-0.2, 0) is 22.3 Å². The summed E-state index contributed by atoms with van der Waals surface area (Å²) in [5.41, 5.74) is -1.51. The third kappa shape index (κ3) is 8.07. The van der Waals surface area contributed by atoms with E-state index in [4.69, 9.17) is 5.11 Å². The monoisotopic (exact) mass is 593 g/mol. The van der Waals surface area contributed by atoms with Gasteiger partial charge < -0.3 is 20.1 Å². The fourth-order valence-electron chi connectivity index (χ4n) is 5.15. The first-order valence-corrected chi connectivity index (χ1v) is 12.4. The lowest BCUT2D eigenvalue weighted by molar-refractivity contribution is -0.308. The van der Waals surface area contributed by atoms with E-state index in [-0.39, 0.29) is 63.1 Å². The summed E-state index contributed by atoms with van der Waals surface area (Å²) >= 11 is 0. The van der Waals surface area contributed by atoms with Gasteiger partial charge in [0.15, 0.2) is 0 Å². The van der Waals surface area contributed by atoms with Gasteiger partial charge in [-0.05, 0) is 49.3 Å². The molecule has 0 aliphatic carbocycles. The largest absolute Gasteiger partial charge is 0.481 e. The van der Waals surface area contributed by atoms with Crippen molar-refractivity contribution >= 4 is 17.7 Å². The van der Waals surface area contributed by atoms with Gasteiger partial charge in [-0.2, -0.15) is 39.5 Å². The quantitative estimate of drug-likeness (QED) is 0.289. The molecule has 2 heterocycles. The van der Waals surface area contributed by atoms with Crippen molar-refractivity contribution in [3.8, 4) is 0 Å². The normalized spacial score (nSPS) is 18.4. The number of hydrogen-bond acceptors (Lipinski definition) is 5. The molecule has 3 rings (SSSR count). The zero-order chi connectivity index (χ0) is 29.9. The molecule has 1 aromatic carbocycles. The topological polar surface area (TPSA) is 82.1 Å². The van der Waals surface area contributed by atoms with Crippen molar-refractivity contribution in [2.45, 2.75) is 63.3 Å². The molecular weight excluding hydrogens is 565 g/mol. The Morgan fingerprint density at radius 3 is 2.12 bits per heavy atom. The highest BCUT2D eigenvalue weighted by molar-refractivity contribution is 5.68. The number of halogens is 9. The predicted molar refractivity (Wildman–Crippen MR) is 122 cm³/mol. The van der Waals surface area contributed by atoms with Gasteiger partial charge in [0, 0.05) is 44.8 Å². The number of benzene rings is 1. The van der Waals surface area contributed by atoms with Crippen molar-refractivity contribution in [3.05, 3.63) is 29.3 Å². The van der Waals surface area contributed by atoms with Gasteiger partial charge in [-0.15, -0.1) is 0 Å². The molecule has 16 heteroatoms. The third-order valence-electron chi connectivity index (χ3n) is 7.12. The smallest absolute Gasteiger partial charge is 0.434 e. The lowest BCUT2D eigenvalue weighted by Gasteiger charge is -2.39. The van der Waals surface area contributed by atoms with Crippen molar-refractivity contribution in [2.24, 2.45) is 5.41 Å². The number of carboxylic acids is 1. The summed E-state index contributed by atoms with van der Waals surface area (Å²) in [6.07, 6.45) is -21.4. The lowest BCUT2D eigenvalue weighted by atomic mass is 9.78. The number of hydrogen-bond donors (Lipinski definition) is 2. The molecule has 2 aliphatic rings. The minimum Gasteiger partial charge on any atom is -0.481 e. The number of ether oxygens (including phenoxy) is 1. The Hall–Kier alpha value is -2.91. The molecule has 1 spiro atoms. The minimum atomic E-state index is -5.82. The number of amides is 1. The molecule has 1 amide bonds. The summed E-state index contributed by atoms with van der Waals surface area (Å²) < 4.78 is 122. The fourth-order valence-corrected chi connectivity index (χ4v) is 5.15. The lowest BCUT2D eigenvalue weighted by Crippen LogP contribution is -2.50. The molecule has 1 aromatic rings. The molecule has 0 unspecified atom stereocenters. The van der Waals surface area contributed by atoms with Crippen LogP contribution in [0.5, 0.6) is 0 Å². The van der Waals surface area contributed by atoms with Gasteiger partial charge in [-0.1, -0.05) is 12.1 Å². The van der Waals surface area contributed by atoms with Crippen LogP contribution in [0, 0.1) is 5.41 Å². The molecule has 0 saturated carbocycles. The molecule has 0 aromatic heterocycles. The summed E-state index contributed by atoms with van der Waals surface area (Å²) in [5, 5.41) is 11.4. The van der Waals surface area contributed by atoms with Crippen molar-refractivity contribution in [1.82, 2.24) is 9.80 Å². The maximum atomic E-state index is 14.0. The van der Waals surface area contributed by atoms with Crippen LogP contribution in [0.15, 0.2) is 18.2 Å². The molecule has 0 radical (unpaired) electrons. The molecule has 0 atom stereocenters. The van der Waals surface area contributed by atoms with Crippen LogP contribution in [0.1, 0.15) is 43.2 Å². The molecule has 2 saturated heterocycles. The van der Waals surface area contributed by atoms with Gasteiger partial charge >= 0.3 is 30.6 Å². The van der Waals surface area contributed by atoms with Crippen LogP contribution in [0.2, 0.25) is 0 Å². The maximum absolute atomic E-state index is 14.0. The Balaban J connectivity index is 1.62. The number of carbonyl (C=O) groups excluding carboxylic acids is 1. The van der Waals surface area contributed by atoms with Gasteiger partial charge in [-0.3, -0.25) is 9.69 Å². The molecule has 226 valence electrons. The molecule has 2 fully saturated rings. The molecule has 2 N–H and O–H groups in total. The Morgan fingerprint density at radius 1 is 0.975 bits per heavy atom. The SMILES string of the molecule is O=C(O)CCCNc1cccc(CN2CCC3(CCN(C(=O)OC(C(F)(F)F)C(F)(F)F)CC3)C2)c1C(F)(F)F. The number of carbonyl (C=O) groups is 2. The van der Waals surface area contributed by atoms with Crippen LogP contribution in [-0.4, -0.2) is 78.1 Å². The average Bonchev–Trinajstić information content (AvgIpc) is 3.20. The van der Waals surface area contributed by atoms with E-state index >= 15 is 0 Å². The Labute approximate surface area is 223 Å². The van der Waals surface area contributed by atoms with Gasteiger partial charge in [0.25, 0.3) is 6.10 Å². The van der Waals surface area contributed by atoms with Crippen LogP contribution >= 0.6 is 0 Å². The average molecular weight is 593 g/mol. The van der Waals surface area contributed by atoms with E-state index in [9.17, 15) is 49.1 Å². The second-order valence-electron chi connectivity index (χ2n) is 10.1. The summed E-state index contributed by atoms with van der Waals surface area (Å²) in [6.45, 7) is 0.389. The summed E-state index contributed by atoms with van der Waals surface area (Å²) in [6, 6.07) is 4.05. The highest BCUT2D eigenvalue weighted by Crippen LogP contribution is 2.43. The van der Waals surface area contributed by atoms with E-state index < -0.39 is 47.7 Å². The van der Waals surface area contributed by atoms with E-state index in [1.54, 1.807) is 4.90 Å². The first kappa shape index (κ1) is 31.6. The van der Waals surface area contributed by atoms with Crippen LogP contribution in [0.4, 0.5) is 50.0 Å². The summed E-state index contributed by atoms with van der Waals surface area (Å²) in [4.78, 5) is 25.3. The number of rotatable bonds is 8. The number of aliphatic carboxylic acids is 1. The Bertz CT molecular complexity index is 1040. The van der Waals surface area contributed by atoms with Crippen LogP contribution < -0.4 is 5.32 Å². The van der Waals surface area contributed by atoms with E-state index in [2.05, 4.69) is 10.1 Å². The number of alkyl halides is 9. The minimum absolute atomic E-state index is 0.000795. The summed E-state index contributed by atoms with van der Waals surface area (Å²) in [5.74, 6) is -1.07. The number of nitrogens with zero attached hydrogens (tertiary/aromatic N) is 2. The highest BCUT2D eigenvalue weighted by Gasteiger charge is 2.60. The van der Waals surface area contributed by atoms with Crippen molar-refractivity contribution < 1.29 is 58.9 Å². The number of anilines is 1. The third-order valence-corrected chi connectivity index (χ3v) is 7.12. The van der Waals surface area contributed by atoms with Crippen LogP contribution in [0.25, 0.3) is 0 Å². The van der Waals surface area contributed by atoms with Gasteiger partial charge in [0.2, 0.25) is 0 Å². The Morgan fingerprint density at radius 2 is 1.57 bits per heavy atom. The van der Waals surface area contributed by atoms with Gasteiger partial charge in [0.05, 0.1) is 5.56 Å². The molecule has 0 bridgehead atoms. The summed E-state index contributed by atoms with van der Waals surface area (Å²) in [7, 11) is 0. The van der Waals surface area contributed by atoms with E-state index in [1.165, 1.54) is 18.2 Å². The standard InChI is InChI=1S/C24H28F9N3O4/c25-22(26,27)18-15(3-1-4-16(18)34-9-2-5-17(37)38)13-35-10-6-21(14-35)7-11-36(12-8-21)20(39)40-19(23(28,29)30)24(31,32)33/h1,3-4,19,34H,2,5-14H2,(H,37,38). The molecule has 40 heavy (non-hydrogen) atoms. The van der Waals surface area contributed by atoms with Crippen molar-refractivity contribution in [3.63, 3.8) is 0 Å². The van der Waals surface area contributed by atoms with Gasteiger partial charge in [0.1, 0.15) is 0 Å². The predicted octanol–water partition coefficient (Wildman–Crippen LogP) is 5.90. The van der Waals surface area contributed by atoms with Gasteiger partial charge in [-0.25, -0.2) is 4.79 Å².